The van der Waals surface area contributed by atoms with Gasteiger partial charge in [-0.05, 0) is 43.4 Å². The molecule has 0 spiro atoms. The van der Waals surface area contributed by atoms with E-state index in [0.717, 1.165) is 19.3 Å². The fourth-order valence-electron chi connectivity index (χ4n) is 4.13. The van der Waals surface area contributed by atoms with Crippen molar-refractivity contribution in [2.45, 2.75) is 83.7 Å². The molecule has 4 unspecified atom stereocenters. The molecule has 2 fully saturated rings. The lowest BCUT2D eigenvalue weighted by atomic mass is 9.77. The molecule has 116 valence electrons. The first-order chi connectivity index (χ1) is 9.58. The Labute approximate surface area is 124 Å². The lowest BCUT2D eigenvalue weighted by Crippen LogP contribution is -2.45. The average Bonchev–Trinajstić information content (AvgIpc) is 2.41. The van der Waals surface area contributed by atoms with Gasteiger partial charge < -0.3 is 11.1 Å². The van der Waals surface area contributed by atoms with E-state index in [4.69, 9.17) is 5.73 Å². The van der Waals surface area contributed by atoms with Crippen LogP contribution in [0.3, 0.4) is 0 Å². The SMILES string of the molecule is CC(C)C1CCCCC1NC(=O)CC1CCCCC1N. The summed E-state index contributed by atoms with van der Waals surface area (Å²) in [5.74, 6) is 1.97. The van der Waals surface area contributed by atoms with Gasteiger partial charge in [-0.1, -0.05) is 39.5 Å². The number of carbonyl (C=O) groups is 1. The molecule has 3 nitrogen and oxygen atoms in total. The zero-order valence-electron chi connectivity index (χ0n) is 13.2. The summed E-state index contributed by atoms with van der Waals surface area (Å²) in [4.78, 5) is 12.3. The predicted molar refractivity (Wildman–Crippen MR) is 83.3 cm³/mol. The Hall–Kier alpha value is -0.570. The van der Waals surface area contributed by atoms with E-state index in [9.17, 15) is 4.79 Å². The summed E-state index contributed by atoms with van der Waals surface area (Å²) in [6.07, 6.45) is 10.4. The summed E-state index contributed by atoms with van der Waals surface area (Å²) >= 11 is 0. The summed E-state index contributed by atoms with van der Waals surface area (Å²) in [6, 6.07) is 0.637. The van der Waals surface area contributed by atoms with Crippen LogP contribution in [0.25, 0.3) is 0 Å². The Kier molecular flexibility index (Phi) is 5.88. The Morgan fingerprint density at radius 2 is 1.75 bits per heavy atom. The number of hydrogen-bond acceptors (Lipinski definition) is 2. The van der Waals surface area contributed by atoms with Gasteiger partial charge in [0, 0.05) is 18.5 Å². The third kappa shape index (κ3) is 4.21. The summed E-state index contributed by atoms with van der Waals surface area (Å²) in [6.45, 7) is 4.57. The number of nitrogens with two attached hydrogens (primary N) is 1. The Balaban J connectivity index is 1.83. The van der Waals surface area contributed by atoms with Gasteiger partial charge in [0.2, 0.25) is 5.91 Å². The average molecular weight is 280 g/mol. The van der Waals surface area contributed by atoms with Crippen LogP contribution in [0.2, 0.25) is 0 Å². The van der Waals surface area contributed by atoms with Crippen LogP contribution in [0, 0.1) is 17.8 Å². The first-order valence-electron chi connectivity index (χ1n) is 8.63. The summed E-state index contributed by atoms with van der Waals surface area (Å²) in [5, 5.41) is 3.32. The van der Waals surface area contributed by atoms with Gasteiger partial charge in [-0.25, -0.2) is 0 Å². The molecule has 2 saturated carbocycles. The van der Waals surface area contributed by atoms with Crippen molar-refractivity contribution in [3.05, 3.63) is 0 Å². The van der Waals surface area contributed by atoms with Crippen LogP contribution < -0.4 is 11.1 Å². The highest BCUT2D eigenvalue weighted by molar-refractivity contribution is 5.76. The predicted octanol–water partition coefficient (Wildman–Crippen LogP) is 3.23. The quantitative estimate of drug-likeness (QED) is 0.830. The van der Waals surface area contributed by atoms with Crippen molar-refractivity contribution in [3.63, 3.8) is 0 Å². The molecule has 3 N–H and O–H groups in total. The van der Waals surface area contributed by atoms with Gasteiger partial charge >= 0.3 is 0 Å². The van der Waals surface area contributed by atoms with Gasteiger partial charge in [-0.3, -0.25) is 4.79 Å². The third-order valence-electron chi connectivity index (χ3n) is 5.44. The molecular formula is C17H32N2O. The summed E-state index contributed by atoms with van der Waals surface area (Å²) in [7, 11) is 0. The second-order valence-electron chi connectivity index (χ2n) is 7.28. The third-order valence-corrected chi connectivity index (χ3v) is 5.44. The van der Waals surface area contributed by atoms with Crippen LogP contribution in [-0.2, 0) is 4.79 Å². The number of nitrogens with one attached hydrogen (secondary N) is 1. The lowest BCUT2D eigenvalue weighted by Gasteiger charge is -2.35. The van der Waals surface area contributed by atoms with E-state index in [1.54, 1.807) is 0 Å². The molecule has 2 aliphatic rings. The second kappa shape index (κ2) is 7.44. The molecular weight excluding hydrogens is 248 g/mol. The molecule has 0 saturated heterocycles. The molecule has 0 aliphatic heterocycles. The van der Waals surface area contributed by atoms with Gasteiger partial charge in [-0.2, -0.15) is 0 Å². The standard InChI is InChI=1S/C17H32N2O/c1-12(2)14-8-4-6-10-16(14)19-17(20)11-13-7-3-5-9-15(13)18/h12-16H,3-11,18H2,1-2H3,(H,19,20). The second-order valence-corrected chi connectivity index (χ2v) is 7.28. The van der Waals surface area contributed by atoms with Gasteiger partial charge in [0.05, 0.1) is 0 Å². The van der Waals surface area contributed by atoms with Crippen molar-refractivity contribution in [1.82, 2.24) is 5.32 Å². The number of carbonyl (C=O) groups excluding carboxylic acids is 1. The maximum Gasteiger partial charge on any atom is 0.220 e. The van der Waals surface area contributed by atoms with Gasteiger partial charge in [0.1, 0.15) is 0 Å². The number of amides is 1. The van der Waals surface area contributed by atoms with Crippen molar-refractivity contribution in [2.24, 2.45) is 23.5 Å². The summed E-state index contributed by atoms with van der Waals surface area (Å²) < 4.78 is 0. The number of rotatable bonds is 4. The van der Waals surface area contributed by atoms with Crippen molar-refractivity contribution < 1.29 is 4.79 Å². The molecule has 0 aromatic heterocycles. The van der Waals surface area contributed by atoms with Crippen LogP contribution in [0.4, 0.5) is 0 Å². The van der Waals surface area contributed by atoms with E-state index in [0.29, 0.717) is 30.2 Å². The zero-order valence-corrected chi connectivity index (χ0v) is 13.2. The smallest absolute Gasteiger partial charge is 0.220 e. The fourth-order valence-corrected chi connectivity index (χ4v) is 4.13. The molecule has 0 radical (unpaired) electrons. The molecule has 0 aromatic carbocycles. The summed E-state index contributed by atoms with van der Waals surface area (Å²) in [5.41, 5.74) is 6.16. The normalized spacial score (nSPS) is 35.0. The van der Waals surface area contributed by atoms with Gasteiger partial charge in [0.25, 0.3) is 0 Å². The molecule has 4 atom stereocenters. The van der Waals surface area contributed by atoms with Crippen LogP contribution in [0.1, 0.15) is 71.6 Å². The van der Waals surface area contributed by atoms with Crippen LogP contribution in [0.5, 0.6) is 0 Å². The highest BCUT2D eigenvalue weighted by atomic mass is 16.1. The first kappa shape index (κ1) is 15.8. The minimum atomic E-state index is 0.238. The molecule has 0 bridgehead atoms. The largest absolute Gasteiger partial charge is 0.353 e. The van der Waals surface area contributed by atoms with Crippen LogP contribution in [0.15, 0.2) is 0 Å². The molecule has 20 heavy (non-hydrogen) atoms. The highest BCUT2D eigenvalue weighted by Crippen LogP contribution is 2.31. The van der Waals surface area contributed by atoms with Crippen molar-refractivity contribution in [2.75, 3.05) is 0 Å². The molecule has 2 rings (SSSR count). The molecule has 0 heterocycles. The fraction of sp³-hybridized carbons (Fsp3) is 0.941. The van der Waals surface area contributed by atoms with Gasteiger partial charge in [0.15, 0.2) is 0 Å². The van der Waals surface area contributed by atoms with Crippen molar-refractivity contribution in [3.8, 4) is 0 Å². The van der Waals surface area contributed by atoms with E-state index >= 15 is 0 Å². The monoisotopic (exact) mass is 280 g/mol. The maximum atomic E-state index is 12.3. The zero-order chi connectivity index (χ0) is 14.5. The lowest BCUT2D eigenvalue weighted by molar-refractivity contribution is -0.123. The van der Waals surface area contributed by atoms with E-state index in [2.05, 4.69) is 19.2 Å². The Morgan fingerprint density at radius 1 is 1.10 bits per heavy atom. The minimum absolute atomic E-state index is 0.238. The Morgan fingerprint density at radius 3 is 2.45 bits per heavy atom. The highest BCUT2D eigenvalue weighted by Gasteiger charge is 2.30. The van der Waals surface area contributed by atoms with E-state index < -0.39 is 0 Å². The van der Waals surface area contributed by atoms with Crippen molar-refractivity contribution >= 4 is 5.91 Å². The molecule has 3 heteroatoms. The van der Waals surface area contributed by atoms with Crippen LogP contribution >= 0.6 is 0 Å². The first-order valence-corrected chi connectivity index (χ1v) is 8.63. The maximum absolute atomic E-state index is 12.3. The number of hydrogen-bond donors (Lipinski definition) is 2. The molecule has 2 aliphatic carbocycles. The molecule has 0 aromatic rings. The topological polar surface area (TPSA) is 55.1 Å². The van der Waals surface area contributed by atoms with E-state index in [1.165, 1.54) is 32.1 Å². The Bertz CT molecular complexity index is 316. The van der Waals surface area contributed by atoms with Gasteiger partial charge in [-0.15, -0.1) is 0 Å². The van der Waals surface area contributed by atoms with Crippen LogP contribution in [-0.4, -0.2) is 18.0 Å². The molecule has 1 amide bonds. The minimum Gasteiger partial charge on any atom is -0.353 e. The van der Waals surface area contributed by atoms with E-state index in [1.807, 2.05) is 0 Å². The van der Waals surface area contributed by atoms with Crippen molar-refractivity contribution in [1.29, 1.82) is 0 Å². The van der Waals surface area contributed by atoms with E-state index in [-0.39, 0.29) is 11.9 Å².